The molecule has 86 valence electrons. The standard InChI is InChI=1S/C9H11N3O4/c10-6-2-1-5(3-7(11)9(13)14)8(4-6)12(15)16/h1-2,4,7H,3,10-11H2,(H,13,14)/t7-/m0/s1. The number of carboxylic acids is 1. The molecule has 16 heavy (non-hydrogen) atoms. The van der Waals surface area contributed by atoms with Crippen LogP contribution in [0.15, 0.2) is 18.2 Å². The van der Waals surface area contributed by atoms with Gasteiger partial charge in [-0.1, -0.05) is 6.07 Å². The number of anilines is 1. The van der Waals surface area contributed by atoms with E-state index in [1.54, 1.807) is 0 Å². The van der Waals surface area contributed by atoms with Crippen LogP contribution in [0.4, 0.5) is 11.4 Å². The fraction of sp³-hybridized carbons (Fsp3) is 0.222. The maximum absolute atomic E-state index is 10.7. The molecule has 0 spiro atoms. The normalized spacial score (nSPS) is 12.1. The number of carboxylic acid groups (broad SMARTS) is 1. The van der Waals surface area contributed by atoms with Crippen molar-refractivity contribution in [2.24, 2.45) is 5.73 Å². The number of rotatable bonds is 4. The topological polar surface area (TPSA) is 132 Å². The summed E-state index contributed by atoms with van der Waals surface area (Å²) in [4.78, 5) is 20.6. The molecule has 0 unspecified atom stereocenters. The summed E-state index contributed by atoms with van der Waals surface area (Å²) in [7, 11) is 0. The number of benzene rings is 1. The molecule has 7 heteroatoms. The Kier molecular flexibility index (Phi) is 3.41. The van der Waals surface area contributed by atoms with Crippen LogP contribution in [-0.4, -0.2) is 22.0 Å². The number of aliphatic carboxylic acids is 1. The van der Waals surface area contributed by atoms with Crippen LogP contribution in [0.2, 0.25) is 0 Å². The first-order valence-electron chi connectivity index (χ1n) is 4.43. The third kappa shape index (κ3) is 2.67. The number of hydrogen-bond donors (Lipinski definition) is 3. The van der Waals surface area contributed by atoms with E-state index in [1.807, 2.05) is 0 Å². The lowest BCUT2D eigenvalue weighted by molar-refractivity contribution is -0.385. The maximum atomic E-state index is 10.7. The van der Waals surface area contributed by atoms with E-state index in [0.29, 0.717) is 0 Å². The van der Waals surface area contributed by atoms with Crippen LogP contribution in [0.1, 0.15) is 5.56 Å². The number of nitrogen functional groups attached to an aromatic ring is 1. The van der Waals surface area contributed by atoms with Crippen molar-refractivity contribution >= 4 is 17.3 Å². The summed E-state index contributed by atoms with van der Waals surface area (Å²) in [6.07, 6.45) is -0.105. The molecule has 1 rings (SSSR count). The molecule has 0 fully saturated rings. The number of nitro benzene ring substituents is 1. The first-order chi connectivity index (χ1) is 7.41. The minimum atomic E-state index is -1.20. The molecule has 0 saturated carbocycles. The van der Waals surface area contributed by atoms with Gasteiger partial charge in [-0.15, -0.1) is 0 Å². The van der Waals surface area contributed by atoms with Gasteiger partial charge in [-0.2, -0.15) is 0 Å². The summed E-state index contributed by atoms with van der Waals surface area (Å²) >= 11 is 0. The molecular weight excluding hydrogens is 214 g/mol. The zero-order chi connectivity index (χ0) is 12.3. The van der Waals surface area contributed by atoms with Gasteiger partial charge < -0.3 is 16.6 Å². The Morgan fingerprint density at radius 1 is 1.56 bits per heavy atom. The first kappa shape index (κ1) is 11.9. The van der Waals surface area contributed by atoms with Gasteiger partial charge in [0.1, 0.15) is 6.04 Å². The third-order valence-electron chi connectivity index (χ3n) is 2.06. The van der Waals surface area contributed by atoms with Crippen molar-refractivity contribution in [1.29, 1.82) is 0 Å². The Bertz CT molecular complexity index is 433. The monoisotopic (exact) mass is 225 g/mol. The van der Waals surface area contributed by atoms with Gasteiger partial charge in [0.15, 0.2) is 0 Å². The van der Waals surface area contributed by atoms with Crippen molar-refractivity contribution < 1.29 is 14.8 Å². The Balaban J connectivity index is 3.04. The summed E-state index contributed by atoms with van der Waals surface area (Å²) in [5.41, 5.74) is 11.0. The smallest absolute Gasteiger partial charge is 0.320 e. The summed E-state index contributed by atoms with van der Waals surface area (Å²) in [5, 5.41) is 19.3. The van der Waals surface area contributed by atoms with Crippen LogP contribution < -0.4 is 11.5 Å². The van der Waals surface area contributed by atoms with Gasteiger partial charge in [0.05, 0.1) is 4.92 Å². The first-order valence-corrected chi connectivity index (χ1v) is 4.43. The van der Waals surface area contributed by atoms with Gasteiger partial charge in [0, 0.05) is 23.7 Å². The Hall–Kier alpha value is -2.15. The van der Waals surface area contributed by atoms with Crippen LogP contribution in [-0.2, 0) is 11.2 Å². The lowest BCUT2D eigenvalue weighted by atomic mass is 10.0. The number of nitrogens with zero attached hydrogens (tertiary/aromatic N) is 1. The van der Waals surface area contributed by atoms with Gasteiger partial charge >= 0.3 is 5.97 Å². The fourth-order valence-corrected chi connectivity index (χ4v) is 1.25. The van der Waals surface area contributed by atoms with Crippen molar-refractivity contribution in [3.8, 4) is 0 Å². The van der Waals surface area contributed by atoms with E-state index in [-0.39, 0.29) is 23.4 Å². The van der Waals surface area contributed by atoms with Gasteiger partial charge in [0.2, 0.25) is 0 Å². The predicted octanol–water partition coefficient (Wildman–Crippen LogP) is 0.131. The van der Waals surface area contributed by atoms with Crippen molar-refractivity contribution in [2.45, 2.75) is 12.5 Å². The molecule has 1 atom stereocenters. The molecule has 0 bridgehead atoms. The van der Waals surface area contributed by atoms with Gasteiger partial charge in [-0.3, -0.25) is 14.9 Å². The Labute approximate surface area is 90.8 Å². The second kappa shape index (κ2) is 4.58. The molecule has 0 aliphatic heterocycles. The molecule has 7 nitrogen and oxygen atoms in total. The van der Waals surface area contributed by atoms with Gasteiger partial charge in [-0.25, -0.2) is 0 Å². The van der Waals surface area contributed by atoms with Crippen LogP contribution >= 0.6 is 0 Å². The highest BCUT2D eigenvalue weighted by Crippen LogP contribution is 2.22. The highest BCUT2D eigenvalue weighted by Gasteiger charge is 2.19. The van der Waals surface area contributed by atoms with E-state index in [4.69, 9.17) is 16.6 Å². The van der Waals surface area contributed by atoms with Crippen molar-refractivity contribution in [3.05, 3.63) is 33.9 Å². The van der Waals surface area contributed by atoms with Crippen LogP contribution in [0.3, 0.4) is 0 Å². The Morgan fingerprint density at radius 3 is 2.69 bits per heavy atom. The summed E-state index contributed by atoms with van der Waals surface area (Å²) in [5.74, 6) is -1.20. The SMILES string of the molecule is Nc1ccc(C[C@H](N)C(=O)O)c([N+](=O)[O-])c1. The molecule has 0 aliphatic carbocycles. The average Bonchev–Trinajstić information content (AvgIpc) is 2.20. The zero-order valence-electron chi connectivity index (χ0n) is 8.29. The van der Waals surface area contributed by atoms with Crippen molar-refractivity contribution in [2.75, 3.05) is 5.73 Å². The predicted molar refractivity (Wildman–Crippen MR) is 56.8 cm³/mol. The Morgan fingerprint density at radius 2 is 2.19 bits per heavy atom. The van der Waals surface area contributed by atoms with E-state index in [9.17, 15) is 14.9 Å². The molecule has 5 N–H and O–H groups in total. The highest BCUT2D eigenvalue weighted by atomic mass is 16.6. The molecular formula is C9H11N3O4. The molecule has 0 radical (unpaired) electrons. The molecule has 0 aliphatic rings. The number of nitrogens with two attached hydrogens (primary N) is 2. The minimum absolute atomic E-state index is 0.105. The number of nitro groups is 1. The molecule has 0 aromatic heterocycles. The molecule has 0 saturated heterocycles. The van der Waals surface area contributed by atoms with Gasteiger partial charge in [0.25, 0.3) is 5.69 Å². The molecule has 1 aromatic rings. The lowest BCUT2D eigenvalue weighted by Gasteiger charge is -2.07. The second-order valence-corrected chi connectivity index (χ2v) is 3.29. The van der Waals surface area contributed by atoms with E-state index in [2.05, 4.69) is 0 Å². The van der Waals surface area contributed by atoms with Crippen LogP contribution in [0.25, 0.3) is 0 Å². The zero-order valence-corrected chi connectivity index (χ0v) is 8.29. The van der Waals surface area contributed by atoms with Crippen molar-refractivity contribution in [1.82, 2.24) is 0 Å². The lowest BCUT2D eigenvalue weighted by Crippen LogP contribution is -2.32. The number of hydrogen-bond acceptors (Lipinski definition) is 5. The largest absolute Gasteiger partial charge is 0.480 e. The van der Waals surface area contributed by atoms with Gasteiger partial charge in [-0.05, 0) is 6.07 Å². The summed E-state index contributed by atoms with van der Waals surface area (Å²) < 4.78 is 0. The van der Waals surface area contributed by atoms with E-state index in [1.165, 1.54) is 18.2 Å². The average molecular weight is 225 g/mol. The molecule has 0 amide bonds. The van der Waals surface area contributed by atoms with E-state index < -0.39 is 16.9 Å². The quantitative estimate of drug-likeness (QED) is 0.379. The second-order valence-electron chi connectivity index (χ2n) is 3.29. The minimum Gasteiger partial charge on any atom is -0.480 e. The van der Waals surface area contributed by atoms with E-state index in [0.717, 1.165) is 0 Å². The highest BCUT2D eigenvalue weighted by molar-refractivity contribution is 5.74. The molecule has 0 heterocycles. The molecule has 1 aromatic carbocycles. The van der Waals surface area contributed by atoms with Crippen LogP contribution in [0, 0.1) is 10.1 Å². The summed E-state index contributed by atoms with van der Waals surface area (Å²) in [6.45, 7) is 0. The number of carbonyl (C=O) groups is 1. The van der Waals surface area contributed by atoms with Crippen LogP contribution in [0.5, 0.6) is 0 Å². The third-order valence-corrected chi connectivity index (χ3v) is 2.06. The van der Waals surface area contributed by atoms with Crippen molar-refractivity contribution in [3.63, 3.8) is 0 Å². The maximum Gasteiger partial charge on any atom is 0.320 e. The fourth-order valence-electron chi connectivity index (χ4n) is 1.25. The summed E-state index contributed by atoms with van der Waals surface area (Å²) in [6, 6.07) is 2.90. The van der Waals surface area contributed by atoms with E-state index >= 15 is 0 Å².